The van der Waals surface area contributed by atoms with Crippen molar-refractivity contribution >= 4 is 5.90 Å². The molecule has 0 unspecified atom stereocenters. The number of hydrogen-bond donors (Lipinski definition) is 1. The van der Waals surface area contributed by atoms with Crippen LogP contribution in [-0.2, 0) is 9.47 Å². The van der Waals surface area contributed by atoms with Crippen LogP contribution in [0.25, 0.3) is 0 Å². The van der Waals surface area contributed by atoms with Crippen molar-refractivity contribution in [2.75, 3.05) is 20.3 Å². The zero-order chi connectivity index (χ0) is 7.11. The van der Waals surface area contributed by atoms with Gasteiger partial charge in [0.05, 0.1) is 7.11 Å². The van der Waals surface area contributed by atoms with Crippen molar-refractivity contribution in [2.45, 2.75) is 13.3 Å². The van der Waals surface area contributed by atoms with Gasteiger partial charge in [0.1, 0.15) is 6.61 Å². The third-order valence-corrected chi connectivity index (χ3v) is 0.828. The van der Waals surface area contributed by atoms with E-state index >= 15 is 0 Å². The van der Waals surface area contributed by atoms with Crippen LogP contribution in [0.2, 0.25) is 0 Å². The summed E-state index contributed by atoms with van der Waals surface area (Å²) in [6, 6.07) is 0. The van der Waals surface area contributed by atoms with Gasteiger partial charge in [-0.2, -0.15) is 0 Å². The van der Waals surface area contributed by atoms with Gasteiger partial charge in [-0.25, -0.2) is 0 Å². The van der Waals surface area contributed by atoms with Crippen LogP contribution >= 0.6 is 0 Å². The summed E-state index contributed by atoms with van der Waals surface area (Å²) in [6.07, 6.45) is 0.983. The summed E-state index contributed by atoms with van der Waals surface area (Å²) in [5.74, 6) is 0.184. The maximum atomic E-state index is 6.97. The molecule has 54 valence electrons. The molecule has 0 atom stereocenters. The van der Waals surface area contributed by atoms with Crippen molar-refractivity contribution < 1.29 is 9.47 Å². The van der Waals surface area contributed by atoms with Crippen LogP contribution in [0.3, 0.4) is 0 Å². The van der Waals surface area contributed by atoms with Gasteiger partial charge in [0.2, 0.25) is 5.90 Å². The molecule has 0 aromatic heterocycles. The normalized spacial score (nSPS) is 9.11. The molecule has 0 radical (unpaired) electrons. The lowest BCUT2D eigenvalue weighted by atomic mass is 10.5. The molecule has 0 saturated carbocycles. The number of methoxy groups -OCH3 is 1. The third kappa shape index (κ3) is 5.30. The molecule has 0 heterocycles. The summed E-state index contributed by atoms with van der Waals surface area (Å²) < 4.78 is 9.54. The van der Waals surface area contributed by atoms with Gasteiger partial charge in [0, 0.05) is 6.61 Å². The van der Waals surface area contributed by atoms with Gasteiger partial charge in [-0.1, -0.05) is 6.92 Å². The van der Waals surface area contributed by atoms with Crippen molar-refractivity contribution in [3.63, 3.8) is 0 Å². The van der Waals surface area contributed by atoms with E-state index in [-0.39, 0.29) is 5.90 Å². The quantitative estimate of drug-likeness (QED) is 0.352. The smallest absolute Gasteiger partial charge is 0.206 e. The number of nitrogens with one attached hydrogen (secondary N) is 1. The van der Waals surface area contributed by atoms with Crippen LogP contribution in [-0.4, -0.2) is 26.2 Å². The van der Waals surface area contributed by atoms with Crippen molar-refractivity contribution in [1.82, 2.24) is 0 Å². The van der Waals surface area contributed by atoms with E-state index in [1.807, 2.05) is 6.92 Å². The van der Waals surface area contributed by atoms with Crippen LogP contribution in [0.5, 0.6) is 0 Å². The second-order valence-electron chi connectivity index (χ2n) is 1.68. The highest BCUT2D eigenvalue weighted by atomic mass is 16.5. The topological polar surface area (TPSA) is 42.3 Å². The molecule has 0 aromatic carbocycles. The average molecular weight is 131 g/mol. The maximum Gasteiger partial charge on any atom is 0.206 e. The fourth-order valence-corrected chi connectivity index (χ4v) is 0.368. The molecule has 9 heavy (non-hydrogen) atoms. The average Bonchev–Trinajstić information content (AvgIpc) is 1.89. The fraction of sp³-hybridized carbons (Fsp3) is 0.833. The Morgan fingerprint density at radius 2 is 2.22 bits per heavy atom. The largest absolute Gasteiger partial charge is 0.483 e. The zero-order valence-corrected chi connectivity index (χ0v) is 5.94. The summed E-state index contributed by atoms with van der Waals surface area (Å²) in [6.45, 7) is 3.02. The first-order valence-electron chi connectivity index (χ1n) is 3.00. The molecule has 0 aliphatic heterocycles. The minimum absolute atomic E-state index is 0.184. The molecule has 0 amide bonds. The monoisotopic (exact) mass is 131 g/mol. The molecule has 0 rings (SSSR count). The van der Waals surface area contributed by atoms with Crippen molar-refractivity contribution in [3.8, 4) is 0 Å². The molecule has 0 spiro atoms. The van der Waals surface area contributed by atoms with Gasteiger partial charge in [0.15, 0.2) is 0 Å². The van der Waals surface area contributed by atoms with E-state index in [1.165, 1.54) is 7.11 Å². The van der Waals surface area contributed by atoms with Crippen molar-refractivity contribution in [1.29, 1.82) is 5.41 Å². The second-order valence-corrected chi connectivity index (χ2v) is 1.68. The molecule has 0 aliphatic carbocycles. The lowest BCUT2D eigenvalue weighted by molar-refractivity contribution is 0.155. The van der Waals surface area contributed by atoms with E-state index in [0.717, 1.165) is 6.42 Å². The highest BCUT2D eigenvalue weighted by Gasteiger charge is 1.91. The van der Waals surface area contributed by atoms with Gasteiger partial charge in [0.25, 0.3) is 0 Å². The molecule has 0 aromatic rings. The fourth-order valence-electron chi connectivity index (χ4n) is 0.368. The Morgan fingerprint density at radius 1 is 1.56 bits per heavy atom. The second kappa shape index (κ2) is 5.56. The predicted molar refractivity (Wildman–Crippen MR) is 35.8 cm³/mol. The summed E-state index contributed by atoms with van der Waals surface area (Å²) >= 11 is 0. The molecule has 0 bridgehead atoms. The molecule has 3 heteroatoms. The standard InChI is InChI=1S/C6H13NO2/c1-3-4-9-5-6(7)8-2/h7H,3-5H2,1-2H3. The van der Waals surface area contributed by atoms with Gasteiger partial charge in [-0.3, -0.25) is 5.41 Å². The molecule has 0 saturated heterocycles. The van der Waals surface area contributed by atoms with Gasteiger partial charge in [-0.05, 0) is 6.42 Å². The van der Waals surface area contributed by atoms with Crippen LogP contribution in [0.1, 0.15) is 13.3 Å². The van der Waals surface area contributed by atoms with E-state index in [4.69, 9.17) is 10.1 Å². The molecule has 0 fully saturated rings. The van der Waals surface area contributed by atoms with Crippen molar-refractivity contribution in [2.24, 2.45) is 0 Å². The molecular weight excluding hydrogens is 118 g/mol. The lowest BCUT2D eigenvalue weighted by Crippen LogP contribution is -2.09. The van der Waals surface area contributed by atoms with E-state index < -0.39 is 0 Å². The van der Waals surface area contributed by atoms with E-state index in [9.17, 15) is 0 Å². The Morgan fingerprint density at radius 3 is 2.67 bits per heavy atom. The SMILES string of the molecule is CCCOCC(=N)OC. The van der Waals surface area contributed by atoms with Crippen LogP contribution in [0, 0.1) is 5.41 Å². The highest BCUT2D eigenvalue weighted by molar-refractivity contribution is 5.73. The van der Waals surface area contributed by atoms with Crippen LogP contribution in [0.4, 0.5) is 0 Å². The lowest BCUT2D eigenvalue weighted by Gasteiger charge is -2.01. The zero-order valence-electron chi connectivity index (χ0n) is 5.94. The number of hydrogen-bond acceptors (Lipinski definition) is 3. The van der Waals surface area contributed by atoms with Gasteiger partial charge >= 0.3 is 0 Å². The number of ether oxygens (including phenoxy) is 2. The molecule has 0 aliphatic rings. The Balaban J connectivity index is 2.97. The molecular formula is C6H13NO2. The minimum atomic E-state index is 0.184. The Hall–Kier alpha value is -0.570. The summed E-state index contributed by atoms with van der Waals surface area (Å²) in [5, 5.41) is 6.97. The maximum absolute atomic E-state index is 6.97. The van der Waals surface area contributed by atoms with Crippen LogP contribution in [0.15, 0.2) is 0 Å². The Kier molecular flexibility index (Phi) is 5.21. The van der Waals surface area contributed by atoms with E-state index in [2.05, 4.69) is 4.74 Å². The predicted octanol–water partition coefficient (Wildman–Crippen LogP) is 1.04. The van der Waals surface area contributed by atoms with Crippen molar-refractivity contribution in [3.05, 3.63) is 0 Å². The van der Waals surface area contributed by atoms with E-state index in [1.54, 1.807) is 0 Å². The first-order valence-corrected chi connectivity index (χ1v) is 3.00. The van der Waals surface area contributed by atoms with Gasteiger partial charge in [-0.15, -0.1) is 0 Å². The minimum Gasteiger partial charge on any atom is -0.483 e. The number of rotatable bonds is 4. The first-order chi connectivity index (χ1) is 4.31. The van der Waals surface area contributed by atoms with Gasteiger partial charge < -0.3 is 9.47 Å². The molecule has 1 N–H and O–H groups in total. The third-order valence-electron chi connectivity index (χ3n) is 0.828. The Labute approximate surface area is 55.5 Å². The van der Waals surface area contributed by atoms with Crippen LogP contribution < -0.4 is 0 Å². The van der Waals surface area contributed by atoms with E-state index in [0.29, 0.717) is 13.2 Å². The Bertz CT molecular complexity index is 83.1. The summed E-state index contributed by atoms with van der Waals surface area (Å²) in [7, 11) is 1.47. The summed E-state index contributed by atoms with van der Waals surface area (Å²) in [4.78, 5) is 0. The molecule has 3 nitrogen and oxygen atoms in total. The summed E-state index contributed by atoms with van der Waals surface area (Å²) in [5.41, 5.74) is 0. The highest BCUT2D eigenvalue weighted by Crippen LogP contribution is 1.81. The first kappa shape index (κ1) is 8.43.